The fourth-order valence-electron chi connectivity index (χ4n) is 1.50. The van der Waals surface area contributed by atoms with Crippen LogP contribution in [0.4, 0.5) is 5.82 Å². The molecule has 0 aromatic carbocycles. The van der Waals surface area contributed by atoms with Gasteiger partial charge in [0.1, 0.15) is 6.04 Å². The average molecular weight is 240 g/mol. The van der Waals surface area contributed by atoms with Crippen LogP contribution in [-0.2, 0) is 0 Å². The first-order valence-corrected chi connectivity index (χ1v) is 5.81. The number of azo groups is 1. The third-order valence-corrected chi connectivity index (χ3v) is 2.50. The summed E-state index contributed by atoms with van der Waals surface area (Å²) in [4.78, 5) is 6.15. The van der Waals surface area contributed by atoms with Crippen LogP contribution in [0.3, 0.4) is 0 Å². The van der Waals surface area contributed by atoms with Crippen molar-refractivity contribution in [3.63, 3.8) is 0 Å². The Morgan fingerprint density at radius 1 is 1.22 bits per heavy atom. The Hall–Kier alpha value is -2.23. The molecule has 1 aromatic rings. The van der Waals surface area contributed by atoms with E-state index in [1.807, 2.05) is 62.7 Å². The number of aromatic nitrogens is 1. The molecule has 1 heterocycles. The molecule has 1 unspecified atom stereocenters. The first-order valence-electron chi connectivity index (χ1n) is 5.81. The summed E-state index contributed by atoms with van der Waals surface area (Å²) >= 11 is 0. The summed E-state index contributed by atoms with van der Waals surface area (Å²) < 4.78 is 0. The molecule has 0 saturated heterocycles. The number of hydrogen-bond donors (Lipinski definition) is 0. The minimum absolute atomic E-state index is 0.0410. The second-order valence-corrected chi connectivity index (χ2v) is 4.12. The standard InChI is InChI=1S/C14H16N4/c1-18(2)13-7-5-6-12(9-10-13)16-17-14-8-3-4-11-15-14/h3-12H,1-2H3. The molecule has 0 fully saturated rings. The van der Waals surface area contributed by atoms with E-state index in [4.69, 9.17) is 0 Å². The van der Waals surface area contributed by atoms with Crippen LogP contribution >= 0.6 is 0 Å². The highest BCUT2D eigenvalue weighted by molar-refractivity contribution is 5.30. The first-order chi connectivity index (χ1) is 8.75. The van der Waals surface area contributed by atoms with Crippen LogP contribution in [-0.4, -0.2) is 30.0 Å². The number of likely N-dealkylation sites (N-methyl/N-ethyl adjacent to an activating group) is 1. The first kappa shape index (κ1) is 12.2. The summed E-state index contributed by atoms with van der Waals surface area (Å²) in [6.45, 7) is 0. The average Bonchev–Trinajstić information content (AvgIpc) is 2.63. The predicted molar refractivity (Wildman–Crippen MR) is 72.6 cm³/mol. The molecule has 2 rings (SSSR count). The van der Waals surface area contributed by atoms with Gasteiger partial charge in [-0.1, -0.05) is 24.3 Å². The van der Waals surface area contributed by atoms with Gasteiger partial charge in [-0.25, -0.2) is 4.98 Å². The highest BCUT2D eigenvalue weighted by Crippen LogP contribution is 2.12. The molecule has 92 valence electrons. The van der Waals surface area contributed by atoms with Gasteiger partial charge in [0.05, 0.1) is 0 Å². The SMILES string of the molecule is CN(C)C1=CC=CC(N=Nc2ccccn2)C=C1. The van der Waals surface area contributed by atoms with E-state index in [1.165, 1.54) is 0 Å². The Kier molecular flexibility index (Phi) is 4.02. The molecule has 0 bridgehead atoms. The lowest BCUT2D eigenvalue weighted by Crippen LogP contribution is -2.08. The van der Waals surface area contributed by atoms with Gasteiger partial charge in [-0.3, -0.25) is 0 Å². The number of hydrogen-bond acceptors (Lipinski definition) is 4. The molecule has 1 atom stereocenters. The molecular weight excluding hydrogens is 224 g/mol. The Balaban J connectivity index is 2.05. The van der Waals surface area contributed by atoms with E-state index < -0.39 is 0 Å². The fraction of sp³-hybridized carbons (Fsp3) is 0.214. The maximum Gasteiger partial charge on any atom is 0.173 e. The van der Waals surface area contributed by atoms with Crippen LogP contribution in [0.15, 0.2) is 70.7 Å². The quantitative estimate of drug-likeness (QED) is 0.762. The Bertz CT molecular complexity index is 498. The van der Waals surface area contributed by atoms with Crippen molar-refractivity contribution >= 4 is 5.82 Å². The predicted octanol–water partition coefficient (Wildman–Crippen LogP) is 3.11. The molecular formula is C14H16N4. The number of nitrogens with zero attached hydrogens (tertiary/aromatic N) is 4. The monoisotopic (exact) mass is 240 g/mol. The van der Waals surface area contributed by atoms with Gasteiger partial charge in [-0.2, -0.15) is 5.11 Å². The highest BCUT2D eigenvalue weighted by Gasteiger charge is 2.02. The van der Waals surface area contributed by atoms with E-state index >= 15 is 0 Å². The Morgan fingerprint density at radius 3 is 2.83 bits per heavy atom. The minimum Gasteiger partial charge on any atom is -0.378 e. The van der Waals surface area contributed by atoms with Gasteiger partial charge in [0.15, 0.2) is 5.82 Å². The Labute approximate surface area is 107 Å². The van der Waals surface area contributed by atoms with E-state index in [0.717, 1.165) is 5.70 Å². The molecule has 0 radical (unpaired) electrons. The van der Waals surface area contributed by atoms with Crippen molar-refractivity contribution in [2.45, 2.75) is 6.04 Å². The Morgan fingerprint density at radius 2 is 2.11 bits per heavy atom. The smallest absolute Gasteiger partial charge is 0.173 e. The molecule has 0 amide bonds. The van der Waals surface area contributed by atoms with Crippen molar-refractivity contribution in [3.8, 4) is 0 Å². The maximum absolute atomic E-state index is 4.24. The van der Waals surface area contributed by atoms with Gasteiger partial charge in [-0.15, -0.1) is 5.11 Å². The molecule has 1 aromatic heterocycles. The molecule has 4 nitrogen and oxygen atoms in total. The molecule has 18 heavy (non-hydrogen) atoms. The van der Waals surface area contributed by atoms with Crippen molar-refractivity contribution in [1.29, 1.82) is 0 Å². The van der Waals surface area contributed by atoms with Crippen molar-refractivity contribution in [3.05, 3.63) is 60.5 Å². The minimum atomic E-state index is -0.0410. The van der Waals surface area contributed by atoms with Gasteiger partial charge < -0.3 is 4.90 Å². The molecule has 0 N–H and O–H groups in total. The summed E-state index contributed by atoms with van der Waals surface area (Å²) in [5.74, 6) is 0.629. The normalized spacial score (nSPS) is 18.8. The van der Waals surface area contributed by atoms with E-state index in [2.05, 4.69) is 20.1 Å². The fourth-order valence-corrected chi connectivity index (χ4v) is 1.50. The molecule has 0 saturated carbocycles. The summed E-state index contributed by atoms with van der Waals surface area (Å²) in [5.41, 5.74) is 1.14. The number of allylic oxidation sites excluding steroid dienone is 3. The van der Waals surface area contributed by atoms with Crippen LogP contribution in [0.25, 0.3) is 0 Å². The summed E-state index contributed by atoms with van der Waals surface area (Å²) in [6.07, 6.45) is 11.8. The molecule has 0 spiro atoms. The number of pyridine rings is 1. The zero-order valence-electron chi connectivity index (χ0n) is 10.6. The summed E-state index contributed by atoms with van der Waals surface area (Å²) in [6, 6.07) is 5.54. The van der Waals surface area contributed by atoms with Crippen molar-refractivity contribution in [2.75, 3.05) is 14.1 Å². The van der Waals surface area contributed by atoms with Crippen LogP contribution in [0.5, 0.6) is 0 Å². The maximum atomic E-state index is 4.24. The third-order valence-electron chi connectivity index (χ3n) is 2.50. The van der Waals surface area contributed by atoms with E-state index in [-0.39, 0.29) is 6.04 Å². The zero-order chi connectivity index (χ0) is 12.8. The van der Waals surface area contributed by atoms with Crippen LogP contribution < -0.4 is 0 Å². The summed E-state index contributed by atoms with van der Waals surface area (Å²) in [7, 11) is 4.03. The molecule has 0 aliphatic heterocycles. The highest BCUT2D eigenvalue weighted by atomic mass is 15.2. The van der Waals surface area contributed by atoms with Crippen LogP contribution in [0.2, 0.25) is 0 Å². The largest absolute Gasteiger partial charge is 0.378 e. The molecule has 1 aliphatic rings. The third kappa shape index (κ3) is 3.38. The van der Waals surface area contributed by atoms with Gasteiger partial charge in [0.2, 0.25) is 0 Å². The lowest BCUT2D eigenvalue weighted by Gasteiger charge is -2.11. The second-order valence-electron chi connectivity index (χ2n) is 4.12. The van der Waals surface area contributed by atoms with Gasteiger partial charge in [0.25, 0.3) is 0 Å². The van der Waals surface area contributed by atoms with E-state index in [9.17, 15) is 0 Å². The van der Waals surface area contributed by atoms with Gasteiger partial charge >= 0.3 is 0 Å². The van der Waals surface area contributed by atoms with Crippen LogP contribution in [0.1, 0.15) is 0 Å². The molecule has 4 heteroatoms. The topological polar surface area (TPSA) is 40.9 Å². The lowest BCUT2D eigenvalue weighted by atomic mass is 10.3. The second kappa shape index (κ2) is 5.91. The molecule has 1 aliphatic carbocycles. The zero-order valence-corrected chi connectivity index (χ0v) is 10.6. The van der Waals surface area contributed by atoms with E-state index in [0.29, 0.717) is 5.82 Å². The van der Waals surface area contributed by atoms with Crippen molar-refractivity contribution < 1.29 is 0 Å². The van der Waals surface area contributed by atoms with Crippen LogP contribution in [0, 0.1) is 0 Å². The van der Waals surface area contributed by atoms with Crippen molar-refractivity contribution in [2.24, 2.45) is 10.2 Å². The van der Waals surface area contributed by atoms with E-state index in [1.54, 1.807) is 6.20 Å². The van der Waals surface area contributed by atoms with Gasteiger partial charge in [-0.05, 0) is 24.3 Å². The number of rotatable bonds is 3. The van der Waals surface area contributed by atoms with Crippen molar-refractivity contribution in [1.82, 2.24) is 9.88 Å². The van der Waals surface area contributed by atoms with Gasteiger partial charge in [0, 0.05) is 26.0 Å². The summed E-state index contributed by atoms with van der Waals surface area (Å²) in [5, 5.41) is 8.36. The lowest BCUT2D eigenvalue weighted by molar-refractivity contribution is 0.530.